The van der Waals surface area contributed by atoms with Crippen LogP contribution in [-0.2, 0) is 6.18 Å². The lowest BCUT2D eigenvalue weighted by Crippen LogP contribution is -2.34. The van der Waals surface area contributed by atoms with Crippen molar-refractivity contribution in [2.75, 3.05) is 12.4 Å². The van der Waals surface area contributed by atoms with Gasteiger partial charge in [0, 0.05) is 11.6 Å². The number of nitro groups is 1. The Hall–Kier alpha value is -2.92. The van der Waals surface area contributed by atoms with Gasteiger partial charge in [-0.25, -0.2) is 0 Å². The van der Waals surface area contributed by atoms with E-state index in [-0.39, 0.29) is 27.1 Å². The van der Waals surface area contributed by atoms with Gasteiger partial charge in [0.25, 0.3) is 5.91 Å². The van der Waals surface area contributed by atoms with E-state index >= 15 is 0 Å². The first-order valence-electron chi connectivity index (χ1n) is 7.34. The SMILES string of the molecule is COc1ccc(C(=O)NC(=S)Nc2ccc(C(F)(F)F)cc2Cl)cc1[N+](=O)[O-]. The molecular weight excluding hydrogens is 423 g/mol. The molecule has 12 heteroatoms. The van der Waals surface area contributed by atoms with Crippen LogP contribution in [0.5, 0.6) is 5.75 Å². The maximum absolute atomic E-state index is 12.6. The zero-order valence-electron chi connectivity index (χ0n) is 14.0. The van der Waals surface area contributed by atoms with Crippen LogP contribution in [0.3, 0.4) is 0 Å². The highest BCUT2D eigenvalue weighted by Gasteiger charge is 2.31. The van der Waals surface area contributed by atoms with Crippen molar-refractivity contribution in [1.82, 2.24) is 5.32 Å². The number of nitrogens with one attached hydrogen (secondary N) is 2. The molecule has 2 aromatic carbocycles. The number of hydrogen-bond donors (Lipinski definition) is 2. The second-order valence-electron chi connectivity index (χ2n) is 5.24. The summed E-state index contributed by atoms with van der Waals surface area (Å²) in [6.45, 7) is 0. The van der Waals surface area contributed by atoms with Crippen LogP contribution >= 0.6 is 23.8 Å². The number of rotatable bonds is 4. The Labute approximate surface area is 166 Å². The molecule has 148 valence electrons. The fraction of sp³-hybridized carbons (Fsp3) is 0.125. The van der Waals surface area contributed by atoms with Crippen LogP contribution in [0.15, 0.2) is 36.4 Å². The van der Waals surface area contributed by atoms with Gasteiger partial charge in [-0.2, -0.15) is 13.2 Å². The molecule has 7 nitrogen and oxygen atoms in total. The number of nitrogens with zero attached hydrogens (tertiary/aromatic N) is 1. The molecule has 0 radical (unpaired) electrons. The van der Waals surface area contributed by atoms with E-state index in [9.17, 15) is 28.1 Å². The quantitative estimate of drug-likeness (QED) is 0.421. The number of hydrogen-bond acceptors (Lipinski definition) is 5. The van der Waals surface area contributed by atoms with Crippen LogP contribution in [-0.4, -0.2) is 23.1 Å². The molecule has 0 aliphatic heterocycles. The van der Waals surface area contributed by atoms with Crippen LogP contribution < -0.4 is 15.4 Å². The maximum atomic E-state index is 12.6. The Morgan fingerprint density at radius 2 is 1.93 bits per heavy atom. The number of methoxy groups -OCH3 is 1. The summed E-state index contributed by atoms with van der Waals surface area (Å²) in [6, 6.07) is 6.10. The summed E-state index contributed by atoms with van der Waals surface area (Å²) < 4.78 is 42.8. The molecule has 0 aromatic heterocycles. The Morgan fingerprint density at radius 3 is 2.46 bits per heavy atom. The van der Waals surface area contributed by atoms with E-state index in [1.54, 1.807) is 0 Å². The van der Waals surface area contributed by atoms with Crippen LogP contribution in [0, 0.1) is 10.1 Å². The van der Waals surface area contributed by atoms with E-state index in [0.29, 0.717) is 6.07 Å². The standard InChI is InChI=1S/C16H11ClF3N3O4S/c1-27-13-5-2-8(6-12(13)23(25)26)14(24)22-15(28)21-11-4-3-9(7-10(11)17)16(18,19)20/h2-7H,1H3,(H2,21,22,24,28). The molecule has 0 bridgehead atoms. The van der Waals surface area contributed by atoms with Gasteiger partial charge in [0.1, 0.15) is 0 Å². The van der Waals surface area contributed by atoms with Crippen molar-refractivity contribution < 1.29 is 27.6 Å². The molecule has 2 N–H and O–H groups in total. The Kier molecular flexibility index (Phi) is 6.41. The number of carbonyl (C=O) groups is 1. The monoisotopic (exact) mass is 433 g/mol. The fourth-order valence-corrected chi connectivity index (χ4v) is 2.53. The highest BCUT2D eigenvalue weighted by molar-refractivity contribution is 7.80. The number of benzene rings is 2. The summed E-state index contributed by atoms with van der Waals surface area (Å²) in [5, 5.41) is 15.2. The molecule has 0 aliphatic carbocycles. The number of alkyl halides is 3. The normalized spacial score (nSPS) is 10.9. The zero-order chi connectivity index (χ0) is 21.1. The van der Waals surface area contributed by atoms with E-state index in [1.165, 1.54) is 19.2 Å². The average Bonchev–Trinajstić information content (AvgIpc) is 2.61. The van der Waals surface area contributed by atoms with E-state index in [1.807, 2.05) is 0 Å². The lowest BCUT2D eigenvalue weighted by molar-refractivity contribution is -0.385. The topological polar surface area (TPSA) is 93.5 Å². The first-order valence-corrected chi connectivity index (χ1v) is 8.13. The third kappa shape index (κ3) is 5.08. The first-order chi connectivity index (χ1) is 13.0. The van der Waals surface area contributed by atoms with Crippen LogP contribution in [0.25, 0.3) is 0 Å². The lowest BCUT2D eigenvalue weighted by atomic mass is 10.1. The van der Waals surface area contributed by atoms with Gasteiger partial charge in [-0.05, 0) is 42.5 Å². The number of nitro benzene ring substituents is 1. The molecule has 0 spiro atoms. The predicted octanol–water partition coefficient (Wildman–Crippen LogP) is 4.40. The number of anilines is 1. The summed E-state index contributed by atoms with van der Waals surface area (Å²) in [5.41, 5.74) is -1.39. The van der Waals surface area contributed by atoms with Gasteiger partial charge in [0.15, 0.2) is 10.9 Å². The summed E-state index contributed by atoms with van der Waals surface area (Å²) in [4.78, 5) is 22.5. The van der Waals surface area contributed by atoms with Crippen LogP contribution in [0.2, 0.25) is 5.02 Å². The minimum atomic E-state index is -4.56. The largest absolute Gasteiger partial charge is 0.490 e. The van der Waals surface area contributed by atoms with Crippen molar-refractivity contribution in [1.29, 1.82) is 0 Å². The van der Waals surface area contributed by atoms with E-state index in [2.05, 4.69) is 10.6 Å². The van der Waals surface area contributed by atoms with Crippen molar-refractivity contribution >= 4 is 46.2 Å². The number of thiocarbonyl (C=S) groups is 1. The number of amides is 1. The van der Waals surface area contributed by atoms with Gasteiger partial charge < -0.3 is 10.1 Å². The van der Waals surface area contributed by atoms with Crippen molar-refractivity contribution in [3.05, 3.63) is 62.7 Å². The minimum Gasteiger partial charge on any atom is -0.490 e. The van der Waals surface area contributed by atoms with Gasteiger partial charge >= 0.3 is 11.9 Å². The second-order valence-corrected chi connectivity index (χ2v) is 6.06. The second kappa shape index (κ2) is 8.40. The van der Waals surface area contributed by atoms with Crippen molar-refractivity contribution in [2.24, 2.45) is 0 Å². The summed E-state index contributed by atoms with van der Waals surface area (Å²) in [7, 11) is 1.24. The third-order valence-electron chi connectivity index (χ3n) is 3.41. The van der Waals surface area contributed by atoms with Gasteiger partial charge in [0.05, 0.1) is 28.3 Å². The average molecular weight is 434 g/mol. The summed E-state index contributed by atoms with van der Waals surface area (Å²) >= 11 is 10.7. The summed E-state index contributed by atoms with van der Waals surface area (Å²) in [6.07, 6.45) is -4.56. The molecule has 0 saturated heterocycles. The maximum Gasteiger partial charge on any atom is 0.416 e. The van der Waals surface area contributed by atoms with Crippen molar-refractivity contribution in [3.63, 3.8) is 0 Å². The Morgan fingerprint density at radius 1 is 1.25 bits per heavy atom. The molecule has 0 aliphatic rings. The number of carbonyl (C=O) groups excluding carboxylic acids is 1. The summed E-state index contributed by atoms with van der Waals surface area (Å²) in [5.74, 6) is -0.801. The molecule has 0 atom stereocenters. The molecule has 28 heavy (non-hydrogen) atoms. The van der Waals surface area contributed by atoms with Crippen molar-refractivity contribution in [2.45, 2.75) is 6.18 Å². The smallest absolute Gasteiger partial charge is 0.416 e. The molecule has 0 fully saturated rings. The lowest BCUT2D eigenvalue weighted by Gasteiger charge is -2.13. The fourth-order valence-electron chi connectivity index (χ4n) is 2.10. The van der Waals surface area contributed by atoms with Gasteiger partial charge in [-0.1, -0.05) is 11.6 Å². The first kappa shape index (κ1) is 21.4. The molecule has 1 amide bonds. The van der Waals surface area contributed by atoms with E-state index in [4.69, 9.17) is 28.6 Å². The molecular formula is C16H11ClF3N3O4S. The molecule has 2 rings (SSSR count). The highest BCUT2D eigenvalue weighted by Crippen LogP contribution is 2.33. The van der Waals surface area contributed by atoms with Crippen LogP contribution in [0.1, 0.15) is 15.9 Å². The van der Waals surface area contributed by atoms with Crippen molar-refractivity contribution in [3.8, 4) is 5.75 Å². The Balaban J connectivity index is 2.12. The number of halogens is 4. The molecule has 0 heterocycles. The molecule has 0 unspecified atom stereocenters. The van der Waals surface area contributed by atoms with E-state index < -0.39 is 28.3 Å². The van der Waals surface area contributed by atoms with Gasteiger partial charge in [-0.15, -0.1) is 0 Å². The van der Waals surface area contributed by atoms with Gasteiger partial charge in [-0.3, -0.25) is 20.2 Å². The van der Waals surface area contributed by atoms with Crippen LogP contribution in [0.4, 0.5) is 24.5 Å². The highest BCUT2D eigenvalue weighted by atomic mass is 35.5. The number of ether oxygens (including phenoxy) is 1. The third-order valence-corrected chi connectivity index (χ3v) is 3.93. The Bertz CT molecular complexity index is 953. The minimum absolute atomic E-state index is 0.0289. The van der Waals surface area contributed by atoms with E-state index in [0.717, 1.165) is 18.2 Å². The molecule has 0 saturated carbocycles. The predicted molar refractivity (Wildman–Crippen MR) is 99.8 cm³/mol. The zero-order valence-corrected chi connectivity index (χ0v) is 15.5. The van der Waals surface area contributed by atoms with Gasteiger partial charge in [0.2, 0.25) is 0 Å². The molecule has 2 aromatic rings.